The van der Waals surface area contributed by atoms with Gasteiger partial charge in [-0.2, -0.15) is 4.72 Å². The third-order valence-electron chi connectivity index (χ3n) is 6.71. The number of piperidine rings is 1. The molecule has 2 fully saturated rings. The number of sulfonamides is 1. The Morgan fingerprint density at radius 1 is 1.11 bits per heavy atom. The molecule has 2 amide bonds. The van der Waals surface area contributed by atoms with Gasteiger partial charge in [0.1, 0.15) is 12.1 Å². The van der Waals surface area contributed by atoms with E-state index in [-0.39, 0.29) is 42.2 Å². The maximum Gasteiger partial charge on any atom is 0.310 e. The van der Waals surface area contributed by atoms with Crippen LogP contribution in [0.25, 0.3) is 10.8 Å². The van der Waals surface area contributed by atoms with Gasteiger partial charge in [0.25, 0.3) is 0 Å². The Morgan fingerprint density at radius 2 is 1.83 bits per heavy atom. The largest absolute Gasteiger partial charge is 0.469 e. The van der Waals surface area contributed by atoms with E-state index in [0.29, 0.717) is 29.8 Å². The number of benzene rings is 2. The molecule has 9 nitrogen and oxygen atoms in total. The van der Waals surface area contributed by atoms with Gasteiger partial charge >= 0.3 is 5.97 Å². The highest BCUT2D eigenvalue weighted by Crippen LogP contribution is 2.25. The molecule has 2 aromatic carbocycles. The van der Waals surface area contributed by atoms with Gasteiger partial charge in [0.2, 0.25) is 21.8 Å². The lowest BCUT2D eigenvalue weighted by atomic mass is 9.97. The van der Waals surface area contributed by atoms with Crippen LogP contribution in [0.15, 0.2) is 41.3 Å². The van der Waals surface area contributed by atoms with Crippen molar-refractivity contribution in [1.29, 1.82) is 0 Å². The first-order valence-electron chi connectivity index (χ1n) is 11.5. The molecule has 2 saturated heterocycles. The van der Waals surface area contributed by atoms with Crippen LogP contribution in [0, 0.1) is 5.92 Å². The summed E-state index contributed by atoms with van der Waals surface area (Å²) in [4.78, 5) is 41.1. The van der Waals surface area contributed by atoms with E-state index < -0.39 is 28.0 Å². The molecule has 2 aliphatic rings. The second kappa shape index (κ2) is 10.1. The molecule has 4 rings (SSSR count). The number of carbonyl (C=O) groups is 3. The number of halogens is 1. The second-order valence-electron chi connectivity index (χ2n) is 8.97. The van der Waals surface area contributed by atoms with Crippen LogP contribution in [-0.2, 0) is 29.1 Å². The van der Waals surface area contributed by atoms with Crippen molar-refractivity contribution >= 4 is 50.2 Å². The Balaban J connectivity index is 1.43. The van der Waals surface area contributed by atoms with Crippen LogP contribution in [0.4, 0.5) is 0 Å². The predicted octanol–water partition coefficient (Wildman–Crippen LogP) is 2.17. The smallest absolute Gasteiger partial charge is 0.310 e. The van der Waals surface area contributed by atoms with Crippen molar-refractivity contribution in [1.82, 2.24) is 14.5 Å². The first-order chi connectivity index (χ1) is 16.6. The van der Waals surface area contributed by atoms with Crippen molar-refractivity contribution in [3.05, 3.63) is 41.4 Å². The topological polar surface area (TPSA) is 113 Å². The van der Waals surface area contributed by atoms with Crippen LogP contribution in [0.1, 0.15) is 26.2 Å². The number of esters is 1. The lowest BCUT2D eigenvalue weighted by Gasteiger charge is -2.35. The zero-order chi connectivity index (χ0) is 25.3. The van der Waals surface area contributed by atoms with Gasteiger partial charge < -0.3 is 14.5 Å². The van der Waals surface area contributed by atoms with Crippen LogP contribution >= 0.6 is 11.6 Å². The van der Waals surface area contributed by atoms with Gasteiger partial charge in [0.05, 0.1) is 17.9 Å². The number of nitrogens with zero attached hydrogens (tertiary/aromatic N) is 2. The molecule has 0 aliphatic carbocycles. The van der Waals surface area contributed by atoms with E-state index in [1.165, 1.54) is 24.1 Å². The minimum Gasteiger partial charge on any atom is -0.469 e. The van der Waals surface area contributed by atoms with Gasteiger partial charge in [-0.15, -0.1) is 0 Å². The molecule has 188 valence electrons. The Labute approximate surface area is 209 Å². The summed E-state index contributed by atoms with van der Waals surface area (Å²) in [7, 11) is -2.64. The molecule has 2 aromatic rings. The van der Waals surface area contributed by atoms with Gasteiger partial charge in [-0.25, -0.2) is 8.42 Å². The third-order valence-corrected chi connectivity index (χ3v) is 8.42. The van der Waals surface area contributed by atoms with E-state index >= 15 is 0 Å². The summed E-state index contributed by atoms with van der Waals surface area (Å²) in [5.41, 5.74) is 0. The maximum atomic E-state index is 13.1. The van der Waals surface area contributed by atoms with Gasteiger partial charge in [0, 0.05) is 24.7 Å². The Hall–Kier alpha value is -2.69. The molecule has 2 heterocycles. The molecule has 3 unspecified atom stereocenters. The van der Waals surface area contributed by atoms with E-state index in [2.05, 4.69) is 4.72 Å². The molecule has 3 atom stereocenters. The molecular formula is C24H28ClN3O6S. The summed E-state index contributed by atoms with van der Waals surface area (Å²) >= 11 is 6.00. The van der Waals surface area contributed by atoms with Crippen LogP contribution < -0.4 is 4.72 Å². The fourth-order valence-corrected chi connectivity index (χ4v) is 6.19. The van der Waals surface area contributed by atoms with Crippen LogP contribution in [-0.4, -0.2) is 74.8 Å². The summed E-state index contributed by atoms with van der Waals surface area (Å²) in [5, 5.41) is 2.07. The van der Waals surface area contributed by atoms with E-state index in [0.717, 1.165) is 5.39 Å². The summed E-state index contributed by atoms with van der Waals surface area (Å²) in [6.45, 7) is 2.64. The standard InChI is InChI=1S/C24H28ClN3O6S/c1-15(22(29)27-10-3-4-18(14-27)24(31)34-2)28-11-9-21(23(28)30)26-35(32,33)20-8-6-16-12-19(25)7-5-17(16)13-20/h5-8,12-13,15,18,21,26H,3-4,9-11,14H2,1-2H3. The number of amides is 2. The zero-order valence-corrected chi connectivity index (χ0v) is 21.1. The lowest BCUT2D eigenvalue weighted by Crippen LogP contribution is -2.52. The van der Waals surface area contributed by atoms with E-state index in [1.807, 2.05) is 0 Å². The number of carbonyl (C=O) groups excluding carboxylic acids is 3. The zero-order valence-electron chi connectivity index (χ0n) is 19.6. The van der Waals surface area contributed by atoms with Gasteiger partial charge in [-0.3, -0.25) is 14.4 Å². The van der Waals surface area contributed by atoms with E-state index in [1.54, 1.807) is 36.1 Å². The molecule has 1 N–H and O–H groups in total. The number of rotatable bonds is 6. The first-order valence-corrected chi connectivity index (χ1v) is 13.4. The Bertz CT molecular complexity index is 1270. The van der Waals surface area contributed by atoms with Gasteiger partial charge in [0.15, 0.2) is 0 Å². The highest BCUT2D eigenvalue weighted by atomic mass is 35.5. The molecule has 0 spiro atoms. The SMILES string of the molecule is COC(=O)C1CCCN(C(=O)C(C)N2CCC(NS(=O)(=O)c3ccc4cc(Cl)ccc4c3)C2=O)C1. The van der Waals surface area contributed by atoms with Crippen LogP contribution in [0.2, 0.25) is 5.02 Å². The third kappa shape index (κ3) is 5.29. The number of likely N-dealkylation sites (tertiary alicyclic amines) is 2. The van der Waals surface area contributed by atoms with E-state index in [4.69, 9.17) is 16.3 Å². The van der Waals surface area contributed by atoms with Crippen molar-refractivity contribution in [3.63, 3.8) is 0 Å². The number of nitrogens with one attached hydrogen (secondary N) is 1. The quantitative estimate of drug-likeness (QED) is 0.583. The maximum absolute atomic E-state index is 13.1. The van der Waals surface area contributed by atoms with Gasteiger partial charge in [-0.05, 0) is 61.2 Å². The minimum absolute atomic E-state index is 0.0462. The summed E-state index contributed by atoms with van der Waals surface area (Å²) in [6.07, 6.45) is 1.58. The van der Waals surface area contributed by atoms with Crippen molar-refractivity contribution in [3.8, 4) is 0 Å². The average molecular weight is 522 g/mol. The van der Waals surface area contributed by atoms with E-state index in [9.17, 15) is 22.8 Å². The Kier molecular flexibility index (Phi) is 7.35. The Morgan fingerprint density at radius 3 is 2.57 bits per heavy atom. The van der Waals surface area contributed by atoms with Crippen LogP contribution in [0.3, 0.4) is 0 Å². The highest BCUT2D eigenvalue weighted by molar-refractivity contribution is 7.89. The number of hydrogen-bond donors (Lipinski definition) is 1. The number of hydrogen-bond acceptors (Lipinski definition) is 6. The average Bonchev–Trinajstić information content (AvgIpc) is 3.21. The summed E-state index contributed by atoms with van der Waals surface area (Å²) < 4.78 is 33.3. The normalized spacial score (nSPS) is 21.9. The molecule has 0 aromatic heterocycles. The molecule has 11 heteroatoms. The first kappa shape index (κ1) is 25.4. The highest BCUT2D eigenvalue weighted by Gasteiger charge is 2.41. The molecule has 0 bridgehead atoms. The number of ether oxygens (including phenoxy) is 1. The number of methoxy groups -OCH3 is 1. The van der Waals surface area contributed by atoms with Crippen LogP contribution in [0.5, 0.6) is 0 Å². The van der Waals surface area contributed by atoms with Crippen molar-refractivity contribution in [2.24, 2.45) is 5.92 Å². The number of fused-ring (bicyclic) bond motifs is 1. The van der Waals surface area contributed by atoms with Crippen molar-refractivity contribution in [2.75, 3.05) is 26.7 Å². The fourth-order valence-electron chi connectivity index (χ4n) is 4.75. The molecule has 0 radical (unpaired) electrons. The molecule has 35 heavy (non-hydrogen) atoms. The summed E-state index contributed by atoms with van der Waals surface area (Å²) in [6, 6.07) is 8.10. The van der Waals surface area contributed by atoms with Crippen molar-refractivity contribution < 1.29 is 27.5 Å². The summed E-state index contributed by atoms with van der Waals surface area (Å²) in [5.74, 6) is -1.43. The predicted molar refractivity (Wildman–Crippen MR) is 130 cm³/mol. The fraction of sp³-hybridized carbons (Fsp3) is 0.458. The molecule has 0 saturated carbocycles. The van der Waals surface area contributed by atoms with Gasteiger partial charge in [-0.1, -0.05) is 23.7 Å². The molecule has 2 aliphatic heterocycles. The monoisotopic (exact) mass is 521 g/mol. The second-order valence-corrected chi connectivity index (χ2v) is 11.1. The molecular weight excluding hydrogens is 494 g/mol. The lowest BCUT2D eigenvalue weighted by molar-refractivity contribution is -0.151. The minimum atomic E-state index is -3.97. The van der Waals surface area contributed by atoms with Crippen molar-refractivity contribution in [2.45, 2.75) is 43.2 Å².